The molecule has 1 N–H and O–H groups in total. The van der Waals surface area contributed by atoms with Crippen LogP contribution in [0, 0.1) is 0 Å². The third-order valence-electron chi connectivity index (χ3n) is 5.56. The summed E-state index contributed by atoms with van der Waals surface area (Å²) in [4.78, 5) is 17.3. The van der Waals surface area contributed by atoms with Gasteiger partial charge in [-0.05, 0) is 35.4 Å². The lowest BCUT2D eigenvalue weighted by atomic mass is 10.2. The zero-order valence-corrected chi connectivity index (χ0v) is 22.6. The van der Waals surface area contributed by atoms with Gasteiger partial charge in [-0.1, -0.05) is 78.1 Å². The fourth-order valence-corrected chi connectivity index (χ4v) is 6.42. The highest BCUT2D eigenvalue weighted by Gasteiger charge is 2.16. The molecule has 1 amide bonds. The fraction of sp³-hybridized carbons (Fsp3) is 0.185. The average Bonchev–Trinajstić information content (AvgIpc) is 3.53. The molecule has 0 aliphatic carbocycles. The van der Waals surface area contributed by atoms with Crippen LogP contribution < -0.4 is 10.1 Å². The number of benzene rings is 3. The van der Waals surface area contributed by atoms with Crippen molar-refractivity contribution in [3.05, 3.63) is 95.8 Å². The Hall–Kier alpha value is -3.34. The molecule has 0 fully saturated rings. The van der Waals surface area contributed by atoms with Gasteiger partial charge in [-0.25, -0.2) is 4.98 Å². The van der Waals surface area contributed by atoms with Gasteiger partial charge >= 0.3 is 0 Å². The first-order valence-corrected chi connectivity index (χ1v) is 14.4. The molecule has 0 radical (unpaired) electrons. The van der Waals surface area contributed by atoms with Gasteiger partial charge in [0.15, 0.2) is 9.50 Å². The van der Waals surface area contributed by atoms with E-state index < -0.39 is 0 Å². The predicted molar refractivity (Wildman–Crippen MR) is 150 cm³/mol. The number of nitrogens with one attached hydrogen (secondary N) is 1. The zero-order chi connectivity index (χ0) is 25.5. The Kier molecular flexibility index (Phi) is 8.39. The van der Waals surface area contributed by atoms with Gasteiger partial charge in [0, 0.05) is 6.54 Å². The summed E-state index contributed by atoms with van der Waals surface area (Å²) in [5.74, 6) is 2.49. The molecule has 0 aliphatic rings. The van der Waals surface area contributed by atoms with Crippen LogP contribution in [0.1, 0.15) is 17.0 Å². The number of hydrogen-bond acceptors (Lipinski definition) is 8. The van der Waals surface area contributed by atoms with Crippen molar-refractivity contribution in [2.24, 2.45) is 0 Å². The summed E-state index contributed by atoms with van der Waals surface area (Å²) in [5.41, 5.74) is 3.18. The molecule has 2 aromatic heterocycles. The first-order chi connectivity index (χ1) is 18.2. The van der Waals surface area contributed by atoms with Crippen molar-refractivity contribution >= 4 is 51.0 Å². The molecule has 0 saturated heterocycles. The minimum atomic E-state index is -0.0551. The number of fused-ring (bicyclic) bond motifs is 1. The summed E-state index contributed by atoms with van der Waals surface area (Å²) in [6.45, 7) is 1.10. The van der Waals surface area contributed by atoms with Crippen LogP contribution in [0.5, 0.6) is 5.75 Å². The molecule has 7 nitrogen and oxygen atoms in total. The summed E-state index contributed by atoms with van der Waals surface area (Å²) in [5, 5.41) is 12.6. The Balaban J connectivity index is 1.24. The summed E-state index contributed by atoms with van der Waals surface area (Å²) in [6, 6.07) is 26.0. The Labute approximate surface area is 227 Å². The van der Waals surface area contributed by atoms with Crippen LogP contribution in [0.2, 0.25) is 0 Å². The summed E-state index contributed by atoms with van der Waals surface area (Å²) in [6.07, 6.45) is 0. The Bertz CT molecular complexity index is 1440. The summed E-state index contributed by atoms with van der Waals surface area (Å²) < 4.78 is 9.45. The van der Waals surface area contributed by atoms with Crippen molar-refractivity contribution in [2.45, 2.75) is 28.3 Å². The normalized spacial score (nSPS) is 11.1. The monoisotopic (exact) mass is 547 g/mol. The number of methoxy groups -OCH3 is 1. The maximum atomic E-state index is 12.6. The fourth-order valence-electron chi connectivity index (χ4n) is 3.62. The first-order valence-electron chi connectivity index (χ1n) is 11.6. The van der Waals surface area contributed by atoms with Crippen LogP contribution in [-0.4, -0.2) is 38.5 Å². The SMILES string of the molecule is COc1ccc(CNC(=O)CSc2nnc(CSc3nc4ccccc4s3)n2Cc2ccccc2)cc1. The minimum Gasteiger partial charge on any atom is -0.497 e. The van der Waals surface area contributed by atoms with E-state index >= 15 is 0 Å². The highest BCUT2D eigenvalue weighted by molar-refractivity contribution is 8.00. The van der Waals surface area contributed by atoms with Gasteiger partial charge in [-0.15, -0.1) is 21.5 Å². The van der Waals surface area contributed by atoms with E-state index in [0.717, 1.165) is 37.7 Å². The molecule has 0 aliphatic heterocycles. The number of hydrogen-bond donors (Lipinski definition) is 1. The van der Waals surface area contributed by atoms with Gasteiger partial charge in [0.05, 0.1) is 35.4 Å². The predicted octanol–water partition coefficient (Wildman–Crippen LogP) is 5.65. The standard InChI is InChI=1S/C27H25N5O2S3/c1-34-21-13-11-19(12-14-21)15-28-25(33)18-35-26-31-30-24(32(26)16-20-7-3-2-4-8-20)17-36-27-29-22-9-5-6-10-23(22)37-27/h2-14H,15-18H2,1H3,(H,28,33). The Morgan fingerprint density at radius 2 is 1.73 bits per heavy atom. The summed E-state index contributed by atoms with van der Waals surface area (Å²) >= 11 is 4.74. The largest absolute Gasteiger partial charge is 0.497 e. The summed E-state index contributed by atoms with van der Waals surface area (Å²) in [7, 11) is 1.63. The minimum absolute atomic E-state index is 0.0551. The van der Waals surface area contributed by atoms with Crippen molar-refractivity contribution in [1.82, 2.24) is 25.1 Å². The van der Waals surface area contributed by atoms with E-state index in [1.165, 1.54) is 16.5 Å². The molecule has 0 unspecified atom stereocenters. The van der Waals surface area contributed by atoms with Gasteiger partial charge in [-0.2, -0.15) is 0 Å². The van der Waals surface area contributed by atoms with Gasteiger partial charge in [-0.3, -0.25) is 4.79 Å². The van der Waals surface area contributed by atoms with Gasteiger partial charge in [0.2, 0.25) is 5.91 Å². The van der Waals surface area contributed by atoms with E-state index in [1.807, 2.05) is 60.7 Å². The maximum absolute atomic E-state index is 12.6. The van der Waals surface area contributed by atoms with Crippen LogP contribution in [0.3, 0.4) is 0 Å². The van der Waals surface area contributed by atoms with Crippen LogP contribution in [-0.2, 0) is 23.6 Å². The third-order valence-corrected chi connectivity index (χ3v) is 8.70. The smallest absolute Gasteiger partial charge is 0.230 e. The van der Waals surface area contributed by atoms with Crippen molar-refractivity contribution in [3.63, 3.8) is 0 Å². The van der Waals surface area contributed by atoms with Crippen molar-refractivity contribution in [2.75, 3.05) is 12.9 Å². The maximum Gasteiger partial charge on any atom is 0.230 e. The van der Waals surface area contributed by atoms with Gasteiger partial charge < -0.3 is 14.6 Å². The highest BCUT2D eigenvalue weighted by atomic mass is 32.2. The number of carbonyl (C=O) groups is 1. The van der Waals surface area contributed by atoms with Crippen molar-refractivity contribution < 1.29 is 9.53 Å². The molecule has 0 spiro atoms. The average molecular weight is 548 g/mol. The quantitative estimate of drug-likeness (QED) is 0.214. The van der Waals surface area contributed by atoms with Crippen LogP contribution >= 0.6 is 34.9 Å². The van der Waals surface area contributed by atoms with E-state index in [1.54, 1.807) is 30.2 Å². The Morgan fingerprint density at radius 1 is 0.946 bits per heavy atom. The first kappa shape index (κ1) is 25.3. The van der Waals surface area contributed by atoms with Gasteiger partial charge in [0.1, 0.15) is 11.6 Å². The van der Waals surface area contributed by atoms with Crippen LogP contribution in [0.4, 0.5) is 0 Å². The molecular weight excluding hydrogens is 523 g/mol. The molecule has 0 saturated carbocycles. The molecule has 37 heavy (non-hydrogen) atoms. The van der Waals surface area contributed by atoms with Crippen molar-refractivity contribution in [3.8, 4) is 5.75 Å². The van der Waals surface area contributed by atoms with E-state index in [-0.39, 0.29) is 11.7 Å². The van der Waals surface area contributed by atoms with Crippen molar-refractivity contribution in [1.29, 1.82) is 0 Å². The third kappa shape index (κ3) is 6.71. The van der Waals surface area contributed by atoms with Crippen LogP contribution in [0.25, 0.3) is 10.2 Å². The lowest BCUT2D eigenvalue weighted by Gasteiger charge is -2.10. The number of nitrogens with zero attached hydrogens (tertiary/aromatic N) is 4. The van der Waals surface area contributed by atoms with E-state index in [2.05, 4.69) is 38.3 Å². The highest BCUT2D eigenvalue weighted by Crippen LogP contribution is 2.32. The molecule has 5 rings (SSSR count). The molecule has 0 atom stereocenters. The topological polar surface area (TPSA) is 81.9 Å². The number of carbonyl (C=O) groups excluding carboxylic acids is 1. The molecule has 10 heteroatoms. The number of para-hydroxylation sites is 1. The van der Waals surface area contributed by atoms with Crippen LogP contribution in [0.15, 0.2) is 88.4 Å². The lowest BCUT2D eigenvalue weighted by molar-refractivity contribution is -0.118. The number of amides is 1. The number of aromatic nitrogens is 4. The van der Waals surface area contributed by atoms with E-state index in [0.29, 0.717) is 18.8 Å². The number of thioether (sulfide) groups is 2. The Morgan fingerprint density at radius 3 is 2.51 bits per heavy atom. The molecular formula is C27H25N5O2S3. The second-order valence-corrected chi connectivity index (χ2v) is 11.3. The number of ether oxygens (including phenoxy) is 1. The second kappa shape index (κ2) is 12.3. The molecule has 5 aromatic rings. The lowest BCUT2D eigenvalue weighted by Crippen LogP contribution is -2.24. The number of thiazole rings is 1. The number of rotatable bonds is 11. The second-order valence-electron chi connectivity index (χ2n) is 8.12. The molecule has 3 aromatic carbocycles. The van der Waals surface area contributed by atoms with E-state index in [4.69, 9.17) is 9.72 Å². The molecule has 0 bridgehead atoms. The van der Waals surface area contributed by atoms with Gasteiger partial charge in [0.25, 0.3) is 0 Å². The molecule has 188 valence electrons. The zero-order valence-electron chi connectivity index (χ0n) is 20.2. The molecule has 2 heterocycles. The van der Waals surface area contributed by atoms with E-state index in [9.17, 15) is 4.79 Å².